The Labute approximate surface area is 228 Å². The molecule has 1 saturated heterocycles. The van der Waals surface area contributed by atoms with Gasteiger partial charge in [0, 0.05) is 63.5 Å². The zero-order valence-electron chi connectivity index (χ0n) is 22.9. The summed E-state index contributed by atoms with van der Waals surface area (Å²) in [6.45, 7) is 2.71. The zero-order chi connectivity index (χ0) is 28.6. The van der Waals surface area contributed by atoms with Gasteiger partial charge in [-0.15, -0.1) is 0 Å². The van der Waals surface area contributed by atoms with Crippen molar-refractivity contribution in [3.8, 4) is 0 Å². The first kappa shape index (κ1) is 31.1. The first-order valence-electron chi connectivity index (χ1n) is 13.9. The largest absolute Gasteiger partial charge is 0.385 e. The van der Waals surface area contributed by atoms with E-state index in [4.69, 9.17) is 0 Å². The second-order valence-corrected chi connectivity index (χ2v) is 11.1. The van der Waals surface area contributed by atoms with Gasteiger partial charge in [-0.05, 0) is 64.0 Å². The lowest BCUT2D eigenvalue weighted by Gasteiger charge is -2.43. The van der Waals surface area contributed by atoms with Crippen LogP contribution in [0.15, 0.2) is 18.2 Å². The van der Waals surface area contributed by atoms with E-state index >= 15 is 0 Å². The van der Waals surface area contributed by atoms with Crippen LogP contribution in [0, 0.1) is 23.5 Å². The van der Waals surface area contributed by atoms with Gasteiger partial charge in [0.15, 0.2) is 11.6 Å². The van der Waals surface area contributed by atoms with Gasteiger partial charge in [0.25, 0.3) is 0 Å². The molecular formula is C28H42F4N4O3. The number of hydrogen-bond donors (Lipinski definition) is 4. The Morgan fingerprint density at radius 3 is 2.59 bits per heavy atom. The fourth-order valence-corrected chi connectivity index (χ4v) is 6.01. The number of amides is 3. The lowest BCUT2D eigenvalue weighted by Crippen LogP contribution is -2.54. The van der Waals surface area contributed by atoms with Crippen LogP contribution in [-0.4, -0.2) is 67.1 Å². The minimum absolute atomic E-state index is 0.0719. The molecule has 3 atom stereocenters. The van der Waals surface area contributed by atoms with E-state index in [1.54, 1.807) is 11.9 Å². The molecule has 39 heavy (non-hydrogen) atoms. The molecule has 2 aliphatic rings. The SMILES string of the molecule is CNCC(CC1CCC(F)(F)CC1)NC(=O)N1CCCC(C(O)(CCCNC(C)=O)c2cccc(F)c2F)C1. The number of nitrogens with zero attached hydrogens (tertiary/aromatic N) is 1. The van der Waals surface area contributed by atoms with Gasteiger partial charge < -0.3 is 26.0 Å². The van der Waals surface area contributed by atoms with Crippen molar-refractivity contribution >= 4 is 11.9 Å². The van der Waals surface area contributed by atoms with Crippen molar-refractivity contribution in [2.45, 2.75) is 82.3 Å². The molecule has 3 amide bonds. The smallest absolute Gasteiger partial charge is 0.317 e. The van der Waals surface area contributed by atoms with E-state index in [1.807, 2.05) is 0 Å². The molecule has 220 valence electrons. The number of halogens is 4. The van der Waals surface area contributed by atoms with Crippen LogP contribution in [0.4, 0.5) is 22.4 Å². The highest BCUT2D eigenvalue weighted by molar-refractivity contribution is 5.74. The predicted octanol–water partition coefficient (Wildman–Crippen LogP) is 4.29. The monoisotopic (exact) mass is 558 g/mol. The molecule has 1 aliphatic carbocycles. The quantitative estimate of drug-likeness (QED) is 0.241. The van der Waals surface area contributed by atoms with Gasteiger partial charge >= 0.3 is 6.03 Å². The molecular weight excluding hydrogens is 516 g/mol. The van der Waals surface area contributed by atoms with Crippen LogP contribution in [0.3, 0.4) is 0 Å². The summed E-state index contributed by atoms with van der Waals surface area (Å²) in [5.41, 5.74) is -1.90. The van der Waals surface area contributed by atoms with Crippen molar-refractivity contribution in [2.75, 3.05) is 33.2 Å². The zero-order valence-corrected chi connectivity index (χ0v) is 22.9. The third-order valence-electron chi connectivity index (χ3n) is 8.14. The molecule has 0 aromatic heterocycles. The molecule has 1 aromatic rings. The minimum Gasteiger partial charge on any atom is -0.385 e. The van der Waals surface area contributed by atoms with Crippen LogP contribution < -0.4 is 16.0 Å². The maximum Gasteiger partial charge on any atom is 0.317 e. The molecule has 0 bridgehead atoms. The van der Waals surface area contributed by atoms with Crippen LogP contribution in [-0.2, 0) is 10.4 Å². The number of urea groups is 1. The summed E-state index contributed by atoms with van der Waals surface area (Å²) < 4.78 is 56.2. The number of aliphatic hydroxyl groups is 1. The van der Waals surface area contributed by atoms with E-state index in [2.05, 4.69) is 16.0 Å². The van der Waals surface area contributed by atoms with E-state index in [9.17, 15) is 32.3 Å². The van der Waals surface area contributed by atoms with E-state index in [1.165, 1.54) is 19.1 Å². The fourth-order valence-electron chi connectivity index (χ4n) is 6.01. The summed E-state index contributed by atoms with van der Waals surface area (Å²) >= 11 is 0. The molecule has 3 rings (SSSR count). The van der Waals surface area contributed by atoms with Crippen LogP contribution in [0.5, 0.6) is 0 Å². The number of alkyl halides is 2. The Morgan fingerprint density at radius 2 is 1.92 bits per heavy atom. The predicted molar refractivity (Wildman–Crippen MR) is 140 cm³/mol. The second-order valence-electron chi connectivity index (χ2n) is 11.1. The fraction of sp³-hybridized carbons (Fsp3) is 0.714. The van der Waals surface area contributed by atoms with Crippen molar-refractivity contribution in [1.82, 2.24) is 20.9 Å². The van der Waals surface area contributed by atoms with Crippen molar-refractivity contribution in [2.24, 2.45) is 11.8 Å². The highest BCUT2D eigenvalue weighted by atomic mass is 19.3. The second kappa shape index (κ2) is 13.8. The molecule has 0 radical (unpaired) electrons. The number of carbonyl (C=O) groups excluding carboxylic acids is 2. The summed E-state index contributed by atoms with van der Waals surface area (Å²) in [5.74, 6) is -5.48. The molecule has 1 aliphatic heterocycles. The van der Waals surface area contributed by atoms with Crippen molar-refractivity contribution < 1.29 is 32.3 Å². The Kier molecular flexibility index (Phi) is 11.0. The lowest BCUT2D eigenvalue weighted by atomic mass is 9.74. The Bertz CT molecular complexity index is 972. The molecule has 3 unspecified atom stereocenters. The molecule has 1 heterocycles. The number of benzene rings is 1. The molecule has 1 saturated carbocycles. The van der Waals surface area contributed by atoms with E-state index in [0.717, 1.165) is 6.07 Å². The van der Waals surface area contributed by atoms with E-state index < -0.39 is 29.1 Å². The summed E-state index contributed by atoms with van der Waals surface area (Å²) in [6, 6.07) is 3.13. The first-order valence-corrected chi connectivity index (χ1v) is 13.9. The number of piperidine rings is 1. The normalized spacial score (nSPS) is 22.1. The number of likely N-dealkylation sites (N-methyl/N-ethyl adjacent to an activating group) is 1. The summed E-state index contributed by atoms with van der Waals surface area (Å²) in [6.07, 6.45) is 2.62. The number of hydrogen-bond acceptors (Lipinski definition) is 4. The number of carbonyl (C=O) groups is 2. The molecule has 11 heteroatoms. The Morgan fingerprint density at radius 1 is 1.21 bits per heavy atom. The third-order valence-corrected chi connectivity index (χ3v) is 8.14. The maximum atomic E-state index is 14.9. The molecule has 4 N–H and O–H groups in total. The van der Waals surface area contributed by atoms with Gasteiger partial charge in [-0.2, -0.15) is 0 Å². The minimum atomic E-state index is -2.61. The number of likely N-dealkylation sites (tertiary alicyclic amines) is 1. The summed E-state index contributed by atoms with van der Waals surface area (Å²) in [4.78, 5) is 26.2. The molecule has 1 aromatic carbocycles. The van der Waals surface area contributed by atoms with Crippen LogP contribution in [0.2, 0.25) is 0 Å². The highest BCUT2D eigenvalue weighted by Crippen LogP contribution is 2.41. The first-order chi connectivity index (χ1) is 18.4. The Balaban J connectivity index is 1.71. The number of nitrogens with one attached hydrogen (secondary N) is 3. The van der Waals surface area contributed by atoms with Gasteiger partial charge in [0.05, 0.1) is 5.60 Å². The lowest BCUT2D eigenvalue weighted by molar-refractivity contribution is -0.119. The van der Waals surface area contributed by atoms with Gasteiger partial charge in [0.2, 0.25) is 11.8 Å². The topological polar surface area (TPSA) is 93.7 Å². The molecule has 2 fully saturated rings. The van der Waals surface area contributed by atoms with E-state index in [0.29, 0.717) is 51.6 Å². The number of rotatable bonds is 11. The van der Waals surface area contributed by atoms with Crippen LogP contribution in [0.25, 0.3) is 0 Å². The molecule has 0 spiro atoms. The third kappa shape index (κ3) is 8.54. The highest BCUT2D eigenvalue weighted by Gasteiger charge is 2.43. The van der Waals surface area contributed by atoms with Gasteiger partial charge in [-0.25, -0.2) is 22.4 Å². The maximum absolute atomic E-state index is 14.9. The summed E-state index contributed by atoms with van der Waals surface area (Å²) in [7, 11) is 1.76. The van der Waals surface area contributed by atoms with Crippen molar-refractivity contribution in [3.05, 3.63) is 35.4 Å². The van der Waals surface area contributed by atoms with Crippen molar-refractivity contribution in [1.29, 1.82) is 0 Å². The van der Waals surface area contributed by atoms with Crippen LogP contribution in [0.1, 0.15) is 70.3 Å². The van der Waals surface area contributed by atoms with Crippen molar-refractivity contribution in [3.63, 3.8) is 0 Å². The van der Waals surface area contributed by atoms with Gasteiger partial charge in [-0.1, -0.05) is 12.1 Å². The summed E-state index contributed by atoms with van der Waals surface area (Å²) in [5, 5.41) is 20.6. The van der Waals surface area contributed by atoms with Gasteiger partial charge in [-0.3, -0.25) is 4.79 Å². The molecule has 7 nitrogen and oxygen atoms in total. The average Bonchev–Trinajstić information content (AvgIpc) is 2.89. The average molecular weight is 559 g/mol. The Hall–Kier alpha value is -2.40. The van der Waals surface area contributed by atoms with Gasteiger partial charge in [0.1, 0.15) is 0 Å². The standard InChI is InChI=1S/C28H42F4N4O3/c1-19(37)34-14-5-11-28(39,23-7-3-8-24(29)25(23)30)21-6-4-15-36(18-21)26(38)35-22(17-33-2)16-20-9-12-27(31,32)13-10-20/h3,7-8,20-22,33,39H,4-6,9-18H2,1-2H3,(H,34,37)(H,35,38). The van der Waals surface area contributed by atoms with Crippen LogP contribution >= 0.6 is 0 Å². The van der Waals surface area contributed by atoms with E-state index in [-0.39, 0.29) is 61.8 Å².